The Morgan fingerprint density at radius 3 is 2.39 bits per heavy atom. The van der Waals surface area contributed by atoms with Crippen LogP contribution in [0, 0.1) is 20.8 Å². The molecular weight excluding hydrogens is 380 g/mol. The number of hydrogen-bond acceptors (Lipinski definition) is 5. The summed E-state index contributed by atoms with van der Waals surface area (Å²) in [7, 11) is 1.27. The number of benzene rings is 2. The van der Waals surface area contributed by atoms with Crippen molar-refractivity contribution in [3.8, 4) is 5.75 Å². The summed E-state index contributed by atoms with van der Waals surface area (Å²) in [6.07, 6.45) is -0.150. The number of carbonyl (C=O) groups is 1. The van der Waals surface area contributed by atoms with Crippen LogP contribution in [0.3, 0.4) is 0 Å². The molecule has 0 fully saturated rings. The number of fused-ring (bicyclic) bond motifs is 1. The van der Waals surface area contributed by atoms with E-state index in [0.717, 1.165) is 16.7 Å². The van der Waals surface area contributed by atoms with Crippen molar-refractivity contribution in [3.63, 3.8) is 0 Å². The van der Waals surface area contributed by atoms with Crippen molar-refractivity contribution >= 4 is 28.5 Å². The van der Waals surface area contributed by atoms with Gasteiger partial charge in [-0.2, -0.15) is 0 Å². The highest BCUT2D eigenvalue weighted by Gasteiger charge is 2.17. The van der Waals surface area contributed by atoms with E-state index in [2.05, 4.69) is 10.8 Å². The predicted octanol–water partition coefficient (Wildman–Crippen LogP) is 4.67. The fourth-order valence-corrected chi connectivity index (χ4v) is 3.45. The van der Waals surface area contributed by atoms with Gasteiger partial charge in [-0.15, -0.1) is 0 Å². The number of halogens is 1. The maximum Gasteiger partial charge on any atom is 0.340 e. The summed E-state index contributed by atoms with van der Waals surface area (Å²) in [4.78, 5) is 23.9. The second-order valence-corrected chi connectivity index (χ2v) is 7.22. The third-order valence-electron chi connectivity index (χ3n) is 4.56. The van der Waals surface area contributed by atoms with Crippen LogP contribution in [0.25, 0.3) is 11.0 Å². The zero-order chi connectivity index (χ0) is 20.4. The quantitative estimate of drug-likeness (QED) is 0.460. The van der Waals surface area contributed by atoms with Gasteiger partial charge in [0.15, 0.2) is 0 Å². The molecule has 0 N–H and O–H groups in total. The standard InChI is InChI=1S/C22H21ClO5/c1-12-5-13(2)7-15(6-12)11-27-20-10-19-16(8-18(20)23)14(3)17(22(25)28-19)9-21(24)26-4/h5-8,10H,9,11H2,1-4H3. The predicted molar refractivity (Wildman–Crippen MR) is 108 cm³/mol. The Hall–Kier alpha value is -2.79. The first kappa shape index (κ1) is 20.0. The van der Waals surface area contributed by atoms with Crippen molar-refractivity contribution in [1.29, 1.82) is 0 Å². The lowest BCUT2D eigenvalue weighted by Gasteiger charge is -2.12. The molecule has 146 valence electrons. The van der Waals surface area contributed by atoms with Gasteiger partial charge in [-0.3, -0.25) is 4.79 Å². The molecule has 6 heteroatoms. The monoisotopic (exact) mass is 400 g/mol. The van der Waals surface area contributed by atoms with E-state index >= 15 is 0 Å². The Morgan fingerprint density at radius 2 is 1.75 bits per heavy atom. The number of hydrogen-bond donors (Lipinski definition) is 0. The molecule has 0 aliphatic heterocycles. The highest BCUT2D eigenvalue weighted by molar-refractivity contribution is 6.32. The summed E-state index contributed by atoms with van der Waals surface area (Å²) in [5.74, 6) is -0.0779. The Labute approximate surface area is 167 Å². The first-order chi connectivity index (χ1) is 13.3. The van der Waals surface area contributed by atoms with Crippen LogP contribution in [0.1, 0.15) is 27.8 Å². The molecule has 0 amide bonds. The van der Waals surface area contributed by atoms with E-state index in [9.17, 15) is 9.59 Å². The second-order valence-electron chi connectivity index (χ2n) is 6.81. The molecule has 0 radical (unpaired) electrons. The molecule has 1 heterocycles. The van der Waals surface area contributed by atoms with E-state index in [4.69, 9.17) is 20.8 Å². The molecule has 3 aromatic rings. The lowest BCUT2D eigenvalue weighted by molar-refractivity contribution is -0.139. The lowest BCUT2D eigenvalue weighted by Crippen LogP contribution is -2.16. The molecule has 0 unspecified atom stereocenters. The third-order valence-corrected chi connectivity index (χ3v) is 4.86. The van der Waals surface area contributed by atoms with Crippen molar-refractivity contribution < 1.29 is 18.7 Å². The first-order valence-electron chi connectivity index (χ1n) is 8.81. The normalized spacial score (nSPS) is 10.9. The van der Waals surface area contributed by atoms with Gasteiger partial charge >= 0.3 is 11.6 Å². The second kappa shape index (κ2) is 8.07. The van der Waals surface area contributed by atoms with Crippen molar-refractivity contribution in [3.05, 3.63) is 73.6 Å². The van der Waals surface area contributed by atoms with E-state index in [1.807, 2.05) is 26.0 Å². The van der Waals surface area contributed by atoms with Crippen LogP contribution in [-0.4, -0.2) is 13.1 Å². The Balaban J connectivity index is 1.95. The zero-order valence-electron chi connectivity index (χ0n) is 16.2. The van der Waals surface area contributed by atoms with Crippen molar-refractivity contribution in [2.45, 2.75) is 33.8 Å². The van der Waals surface area contributed by atoms with Gasteiger partial charge in [0, 0.05) is 11.5 Å². The van der Waals surface area contributed by atoms with Crippen LogP contribution in [-0.2, 0) is 22.6 Å². The molecule has 0 atom stereocenters. The molecule has 0 spiro atoms. The molecule has 0 saturated heterocycles. The summed E-state index contributed by atoms with van der Waals surface area (Å²) < 4.78 is 15.9. The maximum atomic E-state index is 12.3. The highest BCUT2D eigenvalue weighted by Crippen LogP contribution is 2.32. The van der Waals surface area contributed by atoms with E-state index in [-0.39, 0.29) is 12.0 Å². The highest BCUT2D eigenvalue weighted by atomic mass is 35.5. The number of rotatable bonds is 5. The lowest BCUT2D eigenvalue weighted by atomic mass is 10.0. The van der Waals surface area contributed by atoms with Crippen molar-refractivity contribution in [1.82, 2.24) is 0 Å². The molecule has 0 aliphatic carbocycles. The van der Waals surface area contributed by atoms with Gasteiger partial charge in [0.1, 0.15) is 17.9 Å². The van der Waals surface area contributed by atoms with E-state index in [1.165, 1.54) is 7.11 Å². The molecule has 1 aromatic heterocycles. The van der Waals surface area contributed by atoms with E-state index < -0.39 is 11.6 Å². The summed E-state index contributed by atoms with van der Waals surface area (Å²) in [6.45, 7) is 6.16. The van der Waals surface area contributed by atoms with Crippen LogP contribution >= 0.6 is 11.6 Å². The van der Waals surface area contributed by atoms with Gasteiger partial charge in [0.05, 0.1) is 24.1 Å². The number of methoxy groups -OCH3 is 1. The van der Waals surface area contributed by atoms with Gasteiger partial charge in [0.2, 0.25) is 0 Å². The van der Waals surface area contributed by atoms with Gasteiger partial charge in [-0.1, -0.05) is 40.9 Å². The molecule has 3 rings (SSSR count). The minimum absolute atomic E-state index is 0.150. The molecule has 0 bridgehead atoms. The van der Waals surface area contributed by atoms with Crippen molar-refractivity contribution in [2.24, 2.45) is 0 Å². The largest absolute Gasteiger partial charge is 0.487 e. The SMILES string of the molecule is COC(=O)Cc1c(C)c2cc(Cl)c(OCc3cc(C)cc(C)c3)cc2oc1=O. The summed E-state index contributed by atoms with van der Waals surface area (Å²) in [6, 6.07) is 9.48. The number of aryl methyl sites for hydroxylation is 3. The molecular formula is C22H21ClO5. The summed E-state index contributed by atoms with van der Waals surface area (Å²) in [5, 5.41) is 1.06. The van der Waals surface area contributed by atoms with Gasteiger partial charge in [0.25, 0.3) is 0 Å². The Kier molecular flexibility index (Phi) is 5.75. The molecule has 28 heavy (non-hydrogen) atoms. The maximum absolute atomic E-state index is 12.3. The van der Waals surface area contributed by atoms with Crippen LogP contribution in [0.15, 0.2) is 39.5 Å². The fraction of sp³-hybridized carbons (Fsp3) is 0.273. The minimum atomic E-state index is -0.571. The van der Waals surface area contributed by atoms with Crippen molar-refractivity contribution in [2.75, 3.05) is 7.11 Å². The number of carbonyl (C=O) groups excluding carboxylic acids is 1. The average molecular weight is 401 g/mol. The Bertz CT molecular complexity index is 1090. The Morgan fingerprint density at radius 1 is 1.07 bits per heavy atom. The van der Waals surface area contributed by atoms with Gasteiger partial charge in [-0.05, 0) is 38.0 Å². The number of esters is 1. The van der Waals surface area contributed by atoms with Crippen LogP contribution in [0.2, 0.25) is 5.02 Å². The average Bonchev–Trinajstić information content (AvgIpc) is 2.63. The molecule has 2 aromatic carbocycles. The minimum Gasteiger partial charge on any atom is -0.487 e. The fourth-order valence-electron chi connectivity index (χ4n) is 3.23. The smallest absolute Gasteiger partial charge is 0.340 e. The van der Waals surface area contributed by atoms with Crippen LogP contribution in [0.4, 0.5) is 0 Å². The van der Waals surface area contributed by atoms with Gasteiger partial charge < -0.3 is 13.9 Å². The molecule has 5 nitrogen and oxygen atoms in total. The van der Waals surface area contributed by atoms with Gasteiger partial charge in [-0.25, -0.2) is 4.79 Å². The third kappa shape index (κ3) is 4.20. The topological polar surface area (TPSA) is 65.7 Å². The van der Waals surface area contributed by atoms with E-state index in [1.54, 1.807) is 19.1 Å². The zero-order valence-corrected chi connectivity index (χ0v) is 17.0. The summed E-state index contributed by atoms with van der Waals surface area (Å²) in [5.41, 5.74) is 4.03. The van der Waals surface area contributed by atoms with Crippen LogP contribution < -0.4 is 10.4 Å². The van der Waals surface area contributed by atoms with Crippen LogP contribution in [0.5, 0.6) is 5.75 Å². The summed E-state index contributed by atoms with van der Waals surface area (Å²) >= 11 is 6.39. The van der Waals surface area contributed by atoms with E-state index in [0.29, 0.717) is 33.9 Å². The number of ether oxygens (including phenoxy) is 2. The first-order valence-corrected chi connectivity index (χ1v) is 9.19. The molecule has 0 saturated carbocycles. The molecule has 0 aliphatic rings.